The first-order valence-corrected chi connectivity index (χ1v) is 10.6. The van der Waals surface area contributed by atoms with Crippen LogP contribution in [0.4, 0.5) is 11.6 Å². The number of carbonyl (C=O) groups is 1. The summed E-state index contributed by atoms with van der Waals surface area (Å²) in [7, 11) is 0. The van der Waals surface area contributed by atoms with Crippen LogP contribution in [0.15, 0.2) is 57.2 Å². The lowest BCUT2D eigenvalue weighted by atomic mass is 10.2. The molecule has 0 aliphatic carbocycles. The molecule has 0 spiro atoms. The molecule has 150 valence electrons. The van der Waals surface area contributed by atoms with Gasteiger partial charge in [-0.3, -0.25) is 4.79 Å². The zero-order valence-corrected chi connectivity index (χ0v) is 18.6. The molecular formula is C17H14BrCl2N7OS. The van der Waals surface area contributed by atoms with Crippen LogP contribution in [-0.2, 0) is 4.79 Å². The number of hydrogen-bond donors (Lipinski definition) is 3. The highest BCUT2D eigenvalue weighted by molar-refractivity contribution is 9.10. The topological polar surface area (TPSA) is 110 Å². The van der Waals surface area contributed by atoms with Crippen molar-refractivity contribution >= 4 is 74.7 Å². The summed E-state index contributed by atoms with van der Waals surface area (Å²) in [5.74, 6) is 5.97. The number of anilines is 2. The van der Waals surface area contributed by atoms with Crippen molar-refractivity contribution in [2.45, 2.75) is 5.16 Å². The largest absolute Gasteiger partial charge is 0.334 e. The van der Waals surface area contributed by atoms with Crippen molar-refractivity contribution in [1.82, 2.24) is 14.9 Å². The molecule has 0 unspecified atom stereocenters. The molecule has 8 nitrogen and oxygen atoms in total. The van der Waals surface area contributed by atoms with Gasteiger partial charge >= 0.3 is 0 Å². The zero-order chi connectivity index (χ0) is 20.8. The lowest BCUT2D eigenvalue weighted by molar-refractivity contribution is -0.113. The van der Waals surface area contributed by atoms with E-state index in [0.717, 1.165) is 21.8 Å². The Bertz CT molecular complexity index is 1060. The van der Waals surface area contributed by atoms with E-state index in [1.165, 1.54) is 4.68 Å². The quantitative estimate of drug-likeness (QED) is 0.188. The number of nitrogens with one attached hydrogen (secondary N) is 2. The Balaban J connectivity index is 1.54. The number of hydrogen-bond acceptors (Lipinski definition) is 7. The van der Waals surface area contributed by atoms with Crippen LogP contribution in [0.5, 0.6) is 0 Å². The Morgan fingerprint density at radius 1 is 1.28 bits per heavy atom. The van der Waals surface area contributed by atoms with Gasteiger partial charge in [0.05, 0.1) is 22.7 Å². The molecule has 0 aliphatic rings. The van der Waals surface area contributed by atoms with Gasteiger partial charge in [-0.2, -0.15) is 5.10 Å². The molecule has 12 heteroatoms. The summed E-state index contributed by atoms with van der Waals surface area (Å²) in [5, 5.41) is 15.8. The fraction of sp³-hybridized carbons (Fsp3) is 0.0588. The second-order valence-corrected chi connectivity index (χ2v) is 8.26. The Morgan fingerprint density at radius 2 is 2.10 bits per heavy atom. The van der Waals surface area contributed by atoms with E-state index in [1.54, 1.807) is 24.4 Å². The number of halogens is 3. The summed E-state index contributed by atoms with van der Waals surface area (Å²) in [6.07, 6.45) is 1.62. The minimum atomic E-state index is -0.274. The summed E-state index contributed by atoms with van der Waals surface area (Å²) in [6.45, 7) is 0. The van der Waals surface area contributed by atoms with Gasteiger partial charge in [-0.1, -0.05) is 63.0 Å². The van der Waals surface area contributed by atoms with Gasteiger partial charge in [0.15, 0.2) is 0 Å². The standard InChI is InChI=1S/C17H14BrCl2N7OS/c18-11-3-1-2-10(6-11)8-22-24-16-25-26-17(27(16)21)29-9-15(28)23-14-5-4-12(19)7-13(14)20/h1-8H,9,21H2,(H,23,28)(H,24,25)/b22-8+. The van der Waals surface area contributed by atoms with Crippen LogP contribution in [0.25, 0.3) is 0 Å². The number of amides is 1. The highest BCUT2D eigenvalue weighted by Crippen LogP contribution is 2.26. The second-order valence-electron chi connectivity index (χ2n) is 5.56. The maximum atomic E-state index is 12.1. The van der Waals surface area contributed by atoms with Crippen LogP contribution in [0.1, 0.15) is 5.56 Å². The van der Waals surface area contributed by atoms with Crippen molar-refractivity contribution in [2.75, 3.05) is 22.3 Å². The van der Waals surface area contributed by atoms with Gasteiger partial charge in [-0.05, 0) is 35.9 Å². The molecule has 0 saturated carbocycles. The molecule has 1 amide bonds. The predicted molar refractivity (Wildman–Crippen MR) is 121 cm³/mol. The van der Waals surface area contributed by atoms with Crippen LogP contribution >= 0.6 is 50.9 Å². The highest BCUT2D eigenvalue weighted by atomic mass is 79.9. The Hall–Kier alpha value is -2.27. The number of rotatable bonds is 7. The number of carbonyl (C=O) groups excluding carboxylic acids is 1. The Labute approximate surface area is 189 Å². The molecule has 1 aromatic heterocycles. The number of nitrogens with zero attached hydrogens (tertiary/aromatic N) is 4. The molecular weight excluding hydrogens is 501 g/mol. The van der Waals surface area contributed by atoms with Gasteiger partial charge in [-0.25, -0.2) is 10.1 Å². The molecule has 4 N–H and O–H groups in total. The lowest BCUT2D eigenvalue weighted by Crippen LogP contribution is -2.17. The number of hydrazone groups is 1. The van der Waals surface area contributed by atoms with E-state index in [2.05, 4.69) is 42.0 Å². The first-order valence-electron chi connectivity index (χ1n) is 8.05. The normalized spacial score (nSPS) is 11.0. The van der Waals surface area contributed by atoms with Crippen molar-refractivity contribution in [3.05, 3.63) is 62.5 Å². The third kappa shape index (κ3) is 6.10. The van der Waals surface area contributed by atoms with Crippen molar-refractivity contribution < 1.29 is 4.79 Å². The van der Waals surface area contributed by atoms with E-state index in [9.17, 15) is 4.79 Å². The Kier molecular flexibility index (Phi) is 7.37. The third-order valence-electron chi connectivity index (χ3n) is 3.43. The minimum absolute atomic E-state index is 0.0651. The average Bonchev–Trinajstić information content (AvgIpc) is 3.02. The summed E-state index contributed by atoms with van der Waals surface area (Å²) in [5.41, 5.74) is 4.08. The van der Waals surface area contributed by atoms with Gasteiger partial charge in [0.2, 0.25) is 11.1 Å². The minimum Gasteiger partial charge on any atom is -0.334 e. The van der Waals surface area contributed by atoms with E-state index in [-0.39, 0.29) is 17.6 Å². The number of nitrogen functional groups attached to an aromatic ring is 1. The van der Waals surface area contributed by atoms with Crippen molar-refractivity contribution in [3.63, 3.8) is 0 Å². The smallest absolute Gasteiger partial charge is 0.264 e. The molecule has 3 aromatic rings. The number of thioether (sulfide) groups is 1. The summed E-state index contributed by atoms with van der Waals surface area (Å²) in [4.78, 5) is 12.1. The number of benzene rings is 2. The molecule has 0 fully saturated rings. The van der Waals surface area contributed by atoms with E-state index in [4.69, 9.17) is 29.0 Å². The van der Waals surface area contributed by atoms with Crippen LogP contribution in [-0.4, -0.2) is 32.7 Å². The van der Waals surface area contributed by atoms with E-state index in [1.807, 2.05) is 24.3 Å². The predicted octanol–water partition coefficient (Wildman–Crippen LogP) is 4.24. The fourth-order valence-corrected chi connectivity index (χ4v) is 3.64. The highest BCUT2D eigenvalue weighted by Gasteiger charge is 2.13. The first kappa shape index (κ1) is 21.4. The van der Waals surface area contributed by atoms with E-state index < -0.39 is 0 Å². The maximum absolute atomic E-state index is 12.1. The third-order valence-corrected chi connectivity index (χ3v) is 5.41. The Morgan fingerprint density at radius 3 is 2.86 bits per heavy atom. The van der Waals surface area contributed by atoms with Gasteiger partial charge in [0, 0.05) is 9.50 Å². The number of nitrogens with two attached hydrogens (primary N) is 1. The van der Waals surface area contributed by atoms with Gasteiger partial charge < -0.3 is 11.2 Å². The lowest BCUT2D eigenvalue weighted by Gasteiger charge is -2.07. The zero-order valence-electron chi connectivity index (χ0n) is 14.6. The van der Waals surface area contributed by atoms with Crippen molar-refractivity contribution in [3.8, 4) is 0 Å². The SMILES string of the molecule is Nn1c(N/N=C/c2cccc(Br)c2)nnc1SCC(=O)Nc1ccc(Cl)cc1Cl. The monoisotopic (exact) mass is 513 g/mol. The second kappa shape index (κ2) is 9.97. The molecule has 1 heterocycles. The van der Waals surface area contributed by atoms with Crippen molar-refractivity contribution in [1.29, 1.82) is 0 Å². The molecule has 0 aliphatic heterocycles. The molecule has 0 atom stereocenters. The molecule has 0 radical (unpaired) electrons. The summed E-state index contributed by atoms with van der Waals surface area (Å²) < 4.78 is 2.16. The van der Waals surface area contributed by atoms with Crippen LogP contribution in [0.3, 0.4) is 0 Å². The van der Waals surface area contributed by atoms with E-state index >= 15 is 0 Å². The molecule has 29 heavy (non-hydrogen) atoms. The summed E-state index contributed by atoms with van der Waals surface area (Å²) in [6, 6.07) is 12.4. The average molecular weight is 515 g/mol. The van der Waals surface area contributed by atoms with Crippen LogP contribution < -0.4 is 16.6 Å². The molecule has 3 rings (SSSR count). The molecule has 0 bridgehead atoms. The van der Waals surface area contributed by atoms with Gasteiger partial charge in [0.1, 0.15) is 0 Å². The molecule has 2 aromatic carbocycles. The molecule has 0 saturated heterocycles. The van der Waals surface area contributed by atoms with E-state index in [0.29, 0.717) is 20.9 Å². The van der Waals surface area contributed by atoms with Gasteiger partial charge in [-0.15, -0.1) is 10.2 Å². The fourth-order valence-electron chi connectivity index (χ4n) is 2.11. The first-order chi connectivity index (χ1) is 13.9. The van der Waals surface area contributed by atoms with Gasteiger partial charge in [0.25, 0.3) is 5.95 Å². The number of aromatic nitrogens is 3. The maximum Gasteiger partial charge on any atom is 0.264 e. The van der Waals surface area contributed by atoms with Crippen LogP contribution in [0, 0.1) is 0 Å². The van der Waals surface area contributed by atoms with Crippen LogP contribution in [0.2, 0.25) is 10.0 Å². The van der Waals surface area contributed by atoms with Crippen molar-refractivity contribution in [2.24, 2.45) is 5.10 Å². The summed E-state index contributed by atoms with van der Waals surface area (Å²) >= 11 is 16.4.